The Morgan fingerprint density at radius 3 is 1.35 bits per heavy atom. The second-order valence-corrected chi connectivity index (χ2v) is 10.1. The largest absolute Gasteiger partial charge is 1.00 e. The van der Waals surface area contributed by atoms with Crippen LogP contribution in [0.2, 0.25) is 0 Å². The fourth-order valence-corrected chi connectivity index (χ4v) is 5.31. The van der Waals surface area contributed by atoms with Crippen molar-refractivity contribution in [2.75, 3.05) is 0 Å². The zero-order valence-electron chi connectivity index (χ0n) is 26.8. The van der Waals surface area contributed by atoms with Crippen molar-refractivity contribution in [3.63, 3.8) is 0 Å². The Bertz CT molecular complexity index is 2210. The molecule has 11 heteroatoms. The van der Waals surface area contributed by atoms with Gasteiger partial charge in [-0.3, -0.25) is 4.79 Å². The molecule has 0 atom stereocenters. The second kappa shape index (κ2) is 17.1. The van der Waals surface area contributed by atoms with Crippen LogP contribution in [0.5, 0.6) is 11.5 Å². The second-order valence-electron chi connectivity index (χ2n) is 10.1. The summed E-state index contributed by atoms with van der Waals surface area (Å²) in [6.45, 7) is -0.181. The number of fused-ring (bicyclic) bond motifs is 6. The Morgan fingerprint density at radius 2 is 0.938 bits per heavy atom. The average Bonchev–Trinajstić information content (AvgIpc) is 3.62. The quantitative estimate of drug-likeness (QED) is 0.126. The van der Waals surface area contributed by atoms with Gasteiger partial charge in [0.25, 0.3) is 6.47 Å². The minimum atomic E-state index is -0.511. The van der Waals surface area contributed by atoms with Gasteiger partial charge in [-0.05, 0) is 36.4 Å². The maximum atomic E-state index is 13.9. The molecule has 0 spiro atoms. The Kier molecular flexibility index (Phi) is 13.5. The Hall–Kier alpha value is -2.92. The third-order valence-electron chi connectivity index (χ3n) is 7.36. The number of para-hydroxylation sites is 2. The zero-order chi connectivity index (χ0) is 32.2. The van der Waals surface area contributed by atoms with E-state index in [-0.39, 0.29) is 144 Å². The van der Waals surface area contributed by atoms with Gasteiger partial charge < -0.3 is 30.6 Å². The summed E-state index contributed by atoms with van der Waals surface area (Å²) in [7, 11) is 0. The molecule has 0 aliphatic rings. The Labute approximate surface area is 359 Å². The summed E-state index contributed by atoms with van der Waals surface area (Å²) in [5, 5.41) is 33.0. The van der Waals surface area contributed by atoms with Crippen molar-refractivity contribution >= 4 is 50.3 Å². The summed E-state index contributed by atoms with van der Waals surface area (Å²) in [6.07, 6.45) is 0. The number of rotatable bonds is 3. The maximum absolute atomic E-state index is 13.9. The van der Waals surface area contributed by atoms with Crippen LogP contribution in [0.25, 0.3) is 66.1 Å². The van der Waals surface area contributed by atoms with Gasteiger partial charge in [0.15, 0.2) is 0 Å². The van der Waals surface area contributed by atoms with Gasteiger partial charge in [-0.25, -0.2) is 8.78 Å². The first-order valence-corrected chi connectivity index (χ1v) is 13.9. The molecule has 0 radical (unpaired) electrons. The van der Waals surface area contributed by atoms with E-state index in [0.29, 0.717) is 0 Å². The average molecular weight is 697 g/mol. The van der Waals surface area contributed by atoms with E-state index in [1.54, 1.807) is 12.1 Å². The van der Waals surface area contributed by atoms with E-state index < -0.39 is 11.6 Å². The summed E-state index contributed by atoms with van der Waals surface area (Å²) in [4.78, 5) is 11.2. The van der Waals surface area contributed by atoms with Crippen molar-refractivity contribution in [2.45, 2.75) is 0 Å². The molecule has 2 heterocycles. The van der Waals surface area contributed by atoms with Crippen molar-refractivity contribution in [2.24, 2.45) is 0 Å². The van der Waals surface area contributed by atoms with E-state index in [2.05, 4.69) is 23.1 Å². The summed E-state index contributed by atoms with van der Waals surface area (Å²) in [5.41, 5.74) is 4.31. The van der Waals surface area contributed by atoms with E-state index in [9.17, 15) is 19.0 Å². The first-order valence-electron chi connectivity index (χ1n) is 13.9. The number of carbonyl (C=O) groups is 1. The smallest absolute Gasteiger partial charge is 1.00 e. The molecule has 2 N–H and O–H groups in total. The molecule has 0 amide bonds. The van der Waals surface area contributed by atoms with Crippen molar-refractivity contribution in [3.05, 3.63) is 133 Å². The van der Waals surface area contributed by atoms with Crippen LogP contribution in [-0.2, 0) is 9.68 Å². The van der Waals surface area contributed by atoms with E-state index >= 15 is 0 Å². The zero-order valence-corrected chi connectivity index (χ0v) is 32.1. The van der Waals surface area contributed by atoms with Crippen LogP contribution in [0, 0.1) is 11.6 Å². The molecule has 0 unspecified atom stereocenters. The minimum Gasteiger partial charge on any atom is -1.00 e. The van der Waals surface area contributed by atoms with Crippen molar-refractivity contribution in [1.29, 1.82) is 0 Å². The van der Waals surface area contributed by atoms with Crippen LogP contribution in [-0.4, -0.2) is 16.7 Å². The molecular weight excluding hydrogens is 673 g/mol. The van der Waals surface area contributed by atoms with Crippen LogP contribution in [0.4, 0.5) is 8.78 Å². The number of phenols is 2. The Morgan fingerprint density at radius 1 is 0.542 bits per heavy atom. The number of aromatic hydroxyl groups is 2. The molecule has 0 aliphatic heterocycles. The molecule has 2 aromatic heterocycles. The number of furan rings is 2. The summed E-state index contributed by atoms with van der Waals surface area (Å²) < 4.78 is 39.6. The molecule has 8 rings (SSSR count). The van der Waals surface area contributed by atoms with Crippen LogP contribution < -0.4 is 108 Å². The molecule has 0 saturated carbocycles. The van der Waals surface area contributed by atoms with E-state index in [1.807, 2.05) is 42.5 Å². The third-order valence-corrected chi connectivity index (χ3v) is 7.36. The van der Waals surface area contributed by atoms with E-state index in [0.717, 1.165) is 49.9 Å². The van der Waals surface area contributed by atoms with Crippen molar-refractivity contribution < 1.29 is 147 Å². The molecule has 6 aromatic carbocycles. The fourth-order valence-electron chi connectivity index (χ4n) is 5.31. The monoisotopic (exact) mass is 696 g/mol. The van der Waals surface area contributed by atoms with Gasteiger partial charge >= 0.3 is 103 Å². The first kappa shape index (κ1) is 37.9. The molecular formula is C37H24F2K2O7. The van der Waals surface area contributed by atoms with Gasteiger partial charge in [0, 0.05) is 55.9 Å². The van der Waals surface area contributed by atoms with Crippen molar-refractivity contribution in [3.8, 4) is 33.8 Å². The van der Waals surface area contributed by atoms with Crippen LogP contribution in [0.15, 0.2) is 130 Å². The number of benzene rings is 6. The predicted octanol–water partition coefficient (Wildman–Crippen LogP) is 2.75. The summed E-state index contributed by atoms with van der Waals surface area (Å²) >= 11 is 0. The van der Waals surface area contributed by atoms with Gasteiger partial charge in [-0.15, -0.1) is 0 Å². The Balaban J connectivity index is 0.000000227. The number of carbonyl (C=O) groups excluding carboxylic acids is 1. The maximum Gasteiger partial charge on any atom is 1.00 e. The molecule has 0 bridgehead atoms. The minimum absolute atomic E-state index is 0. The summed E-state index contributed by atoms with van der Waals surface area (Å²) in [6, 6.07) is 34.7. The van der Waals surface area contributed by atoms with Crippen LogP contribution >= 0.6 is 0 Å². The molecule has 0 fully saturated rings. The summed E-state index contributed by atoms with van der Waals surface area (Å²) in [5.74, 6) is -1.57. The molecule has 230 valence electrons. The predicted molar refractivity (Wildman–Crippen MR) is 170 cm³/mol. The number of phenolic OH excluding ortho intramolecular Hbond substituents is 2. The topological polar surface area (TPSA) is 116 Å². The SMILES string of the molecule is O=CO[O-].Oc1cc(O)c(-c2ccccc2F)cc1-c1ccccc1F.[H-].[K+].[K+].c1ccc2c(c1)oc1cc3oc4ccccc4c3cc12. The standard InChI is InChI=1S/C18H12F2O2.C18H10O2.CH2O3.2K.H/c19-15-7-3-1-5-11(15)13-9-14(18(22)10-17(13)21)12-6-2-4-8-16(12)20;1-3-7-15-11(5-1)13-9-14-12-6-2-4-8-16(12)20-18(14)10-17(13)19-15;2-1-4-3;;;/h1-10,21-22H;1-10H;1,3H;;;/q;;;2*+1;-1/p-1. The van der Waals surface area contributed by atoms with Gasteiger partial charge in [-0.1, -0.05) is 72.8 Å². The van der Waals surface area contributed by atoms with Gasteiger partial charge in [-0.2, -0.15) is 0 Å². The number of hydrogen-bond donors (Lipinski definition) is 2. The van der Waals surface area contributed by atoms with E-state index in [1.165, 1.54) is 42.5 Å². The number of hydrogen-bond acceptors (Lipinski definition) is 7. The van der Waals surface area contributed by atoms with Crippen LogP contribution in [0.3, 0.4) is 0 Å². The van der Waals surface area contributed by atoms with Crippen molar-refractivity contribution in [1.82, 2.24) is 0 Å². The normalized spacial score (nSPS) is 10.3. The van der Waals surface area contributed by atoms with Crippen LogP contribution in [0.1, 0.15) is 1.43 Å². The molecule has 7 nitrogen and oxygen atoms in total. The number of halogens is 2. The van der Waals surface area contributed by atoms with E-state index in [4.69, 9.17) is 18.9 Å². The molecule has 48 heavy (non-hydrogen) atoms. The van der Waals surface area contributed by atoms with Gasteiger partial charge in [0.05, 0.1) is 0 Å². The first-order chi connectivity index (χ1) is 22.4. The van der Waals surface area contributed by atoms with Gasteiger partial charge in [0.1, 0.15) is 45.5 Å². The molecule has 0 aliphatic carbocycles. The molecule has 0 saturated heterocycles. The molecule has 8 aromatic rings. The van der Waals surface area contributed by atoms with Gasteiger partial charge in [0.2, 0.25) is 0 Å². The fraction of sp³-hybridized carbons (Fsp3) is 0. The third kappa shape index (κ3) is 7.93.